The molecule has 1 atom stereocenters. The van der Waals surface area contributed by atoms with E-state index >= 15 is 0 Å². The summed E-state index contributed by atoms with van der Waals surface area (Å²) in [5.74, 6) is 2.40. The Morgan fingerprint density at radius 3 is 3.25 bits per heavy atom. The SMILES string of the molecule is NC(Cc1cn2ccsc2n1)c1cc2c(s1)CCSC2. The summed E-state index contributed by atoms with van der Waals surface area (Å²) < 4.78 is 2.07. The van der Waals surface area contributed by atoms with E-state index in [1.165, 1.54) is 22.6 Å². The van der Waals surface area contributed by atoms with Crippen LogP contribution in [0.5, 0.6) is 0 Å². The summed E-state index contributed by atoms with van der Waals surface area (Å²) in [7, 11) is 0. The second-order valence-corrected chi connectivity index (χ2v) is 8.18. The Morgan fingerprint density at radius 2 is 2.40 bits per heavy atom. The molecule has 2 N–H and O–H groups in total. The lowest BCUT2D eigenvalue weighted by molar-refractivity contribution is 0.723. The number of nitrogens with two attached hydrogens (primary N) is 1. The minimum atomic E-state index is 0.0696. The van der Waals surface area contributed by atoms with Crippen molar-refractivity contribution in [2.75, 3.05) is 5.75 Å². The zero-order chi connectivity index (χ0) is 13.5. The van der Waals surface area contributed by atoms with Gasteiger partial charge < -0.3 is 5.73 Å². The van der Waals surface area contributed by atoms with Gasteiger partial charge in [0.1, 0.15) is 0 Å². The van der Waals surface area contributed by atoms with Crippen molar-refractivity contribution >= 4 is 39.4 Å². The maximum Gasteiger partial charge on any atom is 0.193 e. The zero-order valence-corrected chi connectivity index (χ0v) is 13.4. The van der Waals surface area contributed by atoms with Gasteiger partial charge in [0.05, 0.1) is 5.69 Å². The van der Waals surface area contributed by atoms with E-state index in [4.69, 9.17) is 5.73 Å². The van der Waals surface area contributed by atoms with E-state index in [2.05, 4.69) is 27.0 Å². The third-order valence-corrected chi connectivity index (χ3v) is 6.73. The summed E-state index contributed by atoms with van der Waals surface area (Å²) in [5, 5.41) is 2.05. The predicted octanol–water partition coefficient (Wildman–Crippen LogP) is 3.49. The predicted molar refractivity (Wildman–Crippen MR) is 87.9 cm³/mol. The van der Waals surface area contributed by atoms with Gasteiger partial charge in [-0.3, -0.25) is 4.40 Å². The number of aryl methyl sites for hydroxylation is 1. The average molecular weight is 321 g/mol. The van der Waals surface area contributed by atoms with Crippen LogP contribution in [0.4, 0.5) is 0 Å². The van der Waals surface area contributed by atoms with E-state index in [9.17, 15) is 0 Å². The van der Waals surface area contributed by atoms with E-state index in [1.54, 1.807) is 16.2 Å². The third kappa shape index (κ3) is 2.30. The molecule has 0 amide bonds. The van der Waals surface area contributed by atoms with Gasteiger partial charge in [-0.2, -0.15) is 11.8 Å². The molecule has 0 saturated carbocycles. The molecule has 3 aromatic rings. The van der Waals surface area contributed by atoms with Crippen LogP contribution in [-0.2, 0) is 18.6 Å². The number of rotatable bonds is 3. The molecule has 1 unspecified atom stereocenters. The van der Waals surface area contributed by atoms with E-state index in [-0.39, 0.29) is 6.04 Å². The van der Waals surface area contributed by atoms with Crippen molar-refractivity contribution in [1.29, 1.82) is 0 Å². The molecule has 1 aliphatic heterocycles. The summed E-state index contributed by atoms with van der Waals surface area (Å²) in [6, 6.07) is 2.38. The number of hydrogen-bond donors (Lipinski definition) is 1. The van der Waals surface area contributed by atoms with E-state index in [0.717, 1.165) is 22.8 Å². The van der Waals surface area contributed by atoms with Crippen LogP contribution < -0.4 is 5.73 Å². The summed E-state index contributed by atoms with van der Waals surface area (Å²) in [6.45, 7) is 0. The van der Waals surface area contributed by atoms with Crippen molar-refractivity contribution in [3.05, 3.63) is 44.9 Å². The average Bonchev–Trinajstić information content (AvgIpc) is 3.10. The molecule has 20 heavy (non-hydrogen) atoms. The number of fused-ring (bicyclic) bond motifs is 2. The molecule has 104 valence electrons. The topological polar surface area (TPSA) is 43.3 Å². The van der Waals surface area contributed by atoms with Crippen LogP contribution in [0.25, 0.3) is 4.96 Å². The van der Waals surface area contributed by atoms with Crippen molar-refractivity contribution in [3.63, 3.8) is 0 Å². The maximum absolute atomic E-state index is 6.39. The van der Waals surface area contributed by atoms with Gasteiger partial charge in [-0.05, 0) is 23.8 Å². The number of hydrogen-bond acceptors (Lipinski definition) is 5. The van der Waals surface area contributed by atoms with Crippen LogP contribution in [-0.4, -0.2) is 15.1 Å². The Morgan fingerprint density at radius 1 is 1.45 bits per heavy atom. The van der Waals surface area contributed by atoms with Crippen molar-refractivity contribution < 1.29 is 0 Å². The summed E-state index contributed by atoms with van der Waals surface area (Å²) >= 11 is 5.59. The molecular formula is C14H15N3S3. The first-order chi connectivity index (χ1) is 9.79. The molecule has 0 aliphatic carbocycles. The zero-order valence-electron chi connectivity index (χ0n) is 10.9. The molecule has 3 aromatic heterocycles. The fraction of sp³-hybridized carbons (Fsp3) is 0.357. The van der Waals surface area contributed by atoms with Crippen LogP contribution >= 0.6 is 34.4 Å². The summed E-state index contributed by atoms with van der Waals surface area (Å²) in [4.78, 5) is 8.53. The molecule has 1 aliphatic rings. The van der Waals surface area contributed by atoms with Gasteiger partial charge in [-0.25, -0.2) is 4.98 Å². The van der Waals surface area contributed by atoms with Gasteiger partial charge in [-0.1, -0.05) is 0 Å². The Bertz CT molecular complexity index is 688. The van der Waals surface area contributed by atoms with Crippen LogP contribution in [0.1, 0.15) is 27.1 Å². The lowest BCUT2D eigenvalue weighted by Crippen LogP contribution is -2.12. The van der Waals surface area contributed by atoms with E-state index < -0.39 is 0 Å². The normalized spacial score (nSPS) is 16.4. The van der Waals surface area contributed by atoms with Gasteiger partial charge in [0.25, 0.3) is 0 Å². The Balaban J connectivity index is 1.56. The molecule has 0 saturated heterocycles. The van der Waals surface area contributed by atoms with Crippen LogP contribution in [0.2, 0.25) is 0 Å². The molecule has 0 aromatic carbocycles. The highest BCUT2D eigenvalue weighted by atomic mass is 32.2. The Labute approximate surface area is 129 Å². The summed E-state index contributed by atoms with van der Waals surface area (Å²) in [5.41, 5.74) is 8.98. The highest BCUT2D eigenvalue weighted by Crippen LogP contribution is 2.34. The number of aromatic nitrogens is 2. The molecule has 4 rings (SSSR count). The van der Waals surface area contributed by atoms with Gasteiger partial charge in [0.15, 0.2) is 4.96 Å². The third-order valence-electron chi connectivity index (χ3n) is 3.58. The van der Waals surface area contributed by atoms with E-state index in [1.807, 2.05) is 29.3 Å². The van der Waals surface area contributed by atoms with Gasteiger partial charge in [0.2, 0.25) is 0 Å². The van der Waals surface area contributed by atoms with E-state index in [0.29, 0.717) is 0 Å². The number of nitrogens with zero attached hydrogens (tertiary/aromatic N) is 2. The fourth-order valence-electron chi connectivity index (χ4n) is 2.55. The minimum absolute atomic E-state index is 0.0696. The summed E-state index contributed by atoms with van der Waals surface area (Å²) in [6.07, 6.45) is 6.16. The lowest BCUT2D eigenvalue weighted by atomic mass is 10.1. The molecule has 3 nitrogen and oxygen atoms in total. The molecule has 0 radical (unpaired) electrons. The fourth-order valence-corrected chi connectivity index (χ4v) is 5.65. The first kappa shape index (κ1) is 12.9. The molecule has 0 spiro atoms. The quantitative estimate of drug-likeness (QED) is 0.803. The smallest absolute Gasteiger partial charge is 0.193 e. The number of thiophene rings is 1. The Kier molecular flexibility index (Phi) is 3.34. The molecule has 6 heteroatoms. The van der Waals surface area contributed by atoms with Crippen molar-refractivity contribution in [2.24, 2.45) is 5.73 Å². The van der Waals surface area contributed by atoms with Crippen molar-refractivity contribution in [3.8, 4) is 0 Å². The highest BCUT2D eigenvalue weighted by Gasteiger charge is 2.18. The lowest BCUT2D eigenvalue weighted by Gasteiger charge is -2.08. The largest absolute Gasteiger partial charge is 0.323 e. The van der Waals surface area contributed by atoms with Crippen molar-refractivity contribution in [2.45, 2.75) is 24.6 Å². The molecule has 0 fully saturated rings. The van der Waals surface area contributed by atoms with Crippen LogP contribution in [0, 0.1) is 0 Å². The number of thioether (sulfide) groups is 1. The maximum atomic E-state index is 6.39. The molecule has 0 bridgehead atoms. The first-order valence-electron chi connectivity index (χ1n) is 6.65. The second-order valence-electron chi connectivity index (χ2n) is 5.04. The monoisotopic (exact) mass is 321 g/mol. The van der Waals surface area contributed by atoms with Gasteiger partial charge in [0, 0.05) is 45.7 Å². The number of imidazole rings is 1. The second kappa shape index (κ2) is 5.18. The standard InChI is InChI=1S/C14H15N3S3/c15-11(6-10-7-17-2-4-19-14(17)16-10)13-5-9-8-18-3-1-12(9)20-13/h2,4-5,7,11H,1,3,6,8,15H2. The van der Waals surface area contributed by atoms with Crippen LogP contribution in [0.3, 0.4) is 0 Å². The van der Waals surface area contributed by atoms with Crippen molar-refractivity contribution in [1.82, 2.24) is 9.38 Å². The van der Waals surface area contributed by atoms with Gasteiger partial charge >= 0.3 is 0 Å². The molecule has 4 heterocycles. The number of thiazole rings is 1. The first-order valence-corrected chi connectivity index (χ1v) is 9.50. The Hall–Kier alpha value is -0.820. The van der Waals surface area contributed by atoms with Gasteiger partial charge in [-0.15, -0.1) is 22.7 Å². The minimum Gasteiger partial charge on any atom is -0.323 e. The highest BCUT2D eigenvalue weighted by molar-refractivity contribution is 7.98. The molecular weight excluding hydrogens is 306 g/mol. The van der Waals surface area contributed by atoms with Crippen LogP contribution in [0.15, 0.2) is 23.8 Å².